The standard InChI is InChI=1S/C25H21FN6O2/c1-15-21(24(33)29-19-7-3-4-8-20(19)34-2)22(16-9-11-18(26)12-10-16)32-25(28-15)30-23(31-32)17-6-5-13-27-14-17/h3-14,22H,1-2H3,(H,29,33)(H,28,30,31). The third kappa shape index (κ3) is 3.88. The molecule has 2 N–H and O–H groups in total. The van der Waals surface area contributed by atoms with Crippen LogP contribution in [0.4, 0.5) is 16.0 Å². The minimum atomic E-state index is -0.635. The fourth-order valence-electron chi connectivity index (χ4n) is 3.95. The van der Waals surface area contributed by atoms with Crippen molar-refractivity contribution < 1.29 is 13.9 Å². The summed E-state index contributed by atoms with van der Waals surface area (Å²) in [7, 11) is 1.54. The van der Waals surface area contributed by atoms with Gasteiger partial charge in [-0.2, -0.15) is 4.98 Å². The van der Waals surface area contributed by atoms with Crippen molar-refractivity contribution in [2.45, 2.75) is 13.0 Å². The van der Waals surface area contributed by atoms with Gasteiger partial charge in [0.1, 0.15) is 17.6 Å². The second-order valence-corrected chi connectivity index (χ2v) is 7.72. The lowest BCUT2D eigenvalue weighted by Crippen LogP contribution is -2.31. The predicted molar refractivity (Wildman–Crippen MR) is 126 cm³/mol. The summed E-state index contributed by atoms with van der Waals surface area (Å²) >= 11 is 0. The highest BCUT2D eigenvalue weighted by molar-refractivity contribution is 6.06. The van der Waals surface area contributed by atoms with E-state index in [9.17, 15) is 9.18 Å². The number of carbonyl (C=O) groups is 1. The minimum Gasteiger partial charge on any atom is -0.495 e. The Hall–Kier alpha value is -4.53. The summed E-state index contributed by atoms with van der Waals surface area (Å²) < 4.78 is 20.7. The monoisotopic (exact) mass is 456 g/mol. The van der Waals surface area contributed by atoms with E-state index in [0.29, 0.717) is 40.0 Å². The van der Waals surface area contributed by atoms with E-state index in [-0.39, 0.29) is 11.7 Å². The van der Waals surface area contributed by atoms with Crippen molar-refractivity contribution in [2.75, 3.05) is 17.7 Å². The summed E-state index contributed by atoms with van der Waals surface area (Å²) in [5.74, 6) is 0.763. The molecule has 0 saturated carbocycles. The third-order valence-electron chi connectivity index (χ3n) is 5.56. The molecule has 0 fully saturated rings. The number of carbonyl (C=O) groups excluding carboxylic acids is 1. The summed E-state index contributed by atoms with van der Waals surface area (Å²) in [6.45, 7) is 1.80. The Bertz CT molecular complexity index is 1380. The zero-order valence-corrected chi connectivity index (χ0v) is 18.5. The van der Waals surface area contributed by atoms with Gasteiger partial charge in [0.2, 0.25) is 5.95 Å². The molecule has 0 radical (unpaired) electrons. The van der Waals surface area contributed by atoms with Crippen molar-refractivity contribution in [2.24, 2.45) is 0 Å². The number of allylic oxidation sites excluding steroid dienone is 1. The maximum atomic E-state index is 13.7. The number of pyridine rings is 1. The average molecular weight is 456 g/mol. The molecule has 2 aromatic carbocycles. The molecule has 1 atom stereocenters. The van der Waals surface area contributed by atoms with Gasteiger partial charge in [0, 0.05) is 23.7 Å². The molecule has 170 valence electrons. The maximum absolute atomic E-state index is 13.7. The van der Waals surface area contributed by atoms with Crippen molar-refractivity contribution in [3.8, 4) is 17.1 Å². The molecule has 3 heterocycles. The van der Waals surface area contributed by atoms with Gasteiger partial charge in [-0.05, 0) is 48.9 Å². The van der Waals surface area contributed by atoms with Gasteiger partial charge in [-0.25, -0.2) is 9.07 Å². The van der Waals surface area contributed by atoms with E-state index in [1.54, 1.807) is 61.4 Å². The molecular weight excluding hydrogens is 435 g/mol. The Balaban J connectivity index is 1.60. The predicted octanol–water partition coefficient (Wildman–Crippen LogP) is 4.42. The Labute approximate surface area is 195 Å². The smallest absolute Gasteiger partial charge is 0.255 e. The van der Waals surface area contributed by atoms with Crippen LogP contribution in [0, 0.1) is 5.82 Å². The number of para-hydroxylation sites is 2. The summed E-state index contributed by atoms with van der Waals surface area (Å²) in [5, 5.41) is 10.8. The van der Waals surface area contributed by atoms with E-state index in [1.807, 2.05) is 18.2 Å². The van der Waals surface area contributed by atoms with E-state index in [0.717, 1.165) is 5.56 Å². The highest BCUT2D eigenvalue weighted by Gasteiger charge is 2.34. The number of nitrogens with zero attached hydrogens (tertiary/aromatic N) is 4. The second-order valence-electron chi connectivity index (χ2n) is 7.72. The second kappa shape index (κ2) is 8.78. The van der Waals surface area contributed by atoms with Crippen LogP contribution in [0.25, 0.3) is 11.4 Å². The first-order valence-electron chi connectivity index (χ1n) is 10.6. The van der Waals surface area contributed by atoms with Crippen molar-refractivity contribution in [3.63, 3.8) is 0 Å². The Kier molecular flexibility index (Phi) is 5.51. The molecule has 1 aliphatic heterocycles. The van der Waals surface area contributed by atoms with Gasteiger partial charge in [0.25, 0.3) is 5.91 Å². The number of aromatic nitrogens is 4. The molecule has 9 heteroatoms. The van der Waals surface area contributed by atoms with Crippen LogP contribution in [-0.2, 0) is 4.79 Å². The Morgan fingerprint density at radius 3 is 2.65 bits per heavy atom. The van der Waals surface area contributed by atoms with Crippen LogP contribution in [0.3, 0.4) is 0 Å². The van der Waals surface area contributed by atoms with Crippen LogP contribution >= 0.6 is 0 Å². The van der Waals surface area contributed by atoms with E-state index in [4.69, 9.17) is 4.74 Å². The van der Waals surface area contributed by atoms with Crippen molar-refractivity contribution in [1.82, 2.24) is 19.7 Å². The van der Waals surface area contributed by atoms with E-state index >= 15 is 0 Å². The summed E-state index contributed by atoms with van der Waals surface area (Å²) in [6, 6.07) is 16.2. The van der Waals surface area contributed by atoms with Crippen LogP contribution in [0.5, 0.6) is 5.75 Å². The molecule has 34 heavy (non-hydrogen) atoms. The fraction of sp³-hybridized carbons (Fsp3) is 0.120. The highest BCUT2D eigenvalue weighted by atomic mass is 19.1. The zero-order chi connectivity index (χ0) is 23.7. The van der Waals surface area contributed by atoms with Crippen LogP contribution in [-0.4, -0.2) is 32.8 Å². The molecule has 0 spiro atoms. The first-order valence-corrected chi connectivity index (χ1v) is 10.6. The first kappa shape index (κ1) is 21.3. The largest absolute Gasteiger partial charge is 0.495 e. The number of fused-ring (bicyclic) bond motifs is 1. The van der Waals surface area contributed by atoms with Crippen LogP contribution in [0.15, 0.2) is 84.3 Å². The number of benzene rings is 2. The first-order chi connectivity index (χ1) is 16.5. The van der Waals surface area contributed by atoms with Crippen LogP contribution in [0.1, 0.15) is 18.5 Å². The number of rotatable bonds is 5. The molecule has 1 aliphatic rings. The fourth-order valence-corrected chi connectivity index (χ4v) is 3.95. The van der Waals surface area contributed by atoms with Gasteiger partial charge < -0.3 is 15.4 Å². The average Bonchev–Trinajstić information content (AvgIpc) is 3.28. The molecule has 8 nitrogen and oxygen atoms in total. The third-order valence-corrected chi connectivity index (χ3v) is 5.56. The summed E-state index contributed by atoms with van der Waals surface area (Å²) in [6.07, 6.45) is 3.34. The molecule has 1 amide bonds. The molecule has 0 bridgehead atoms. The summed E-state index contributed by atoms with van der Waals surface area (Å²) in [5.41, 5.74) is 3.00. The maximum Gasteiger partial charge on any atom is 0.255 e. The van der Waals surface area contributed by atoms with Gasteiger partial charge in [0.15, 0.2) is 5.82 Å². The number of ether oxygens (including phenoxy) is 1. The number of halogens is 1. The van der Waals surface area contributed by atoms with Gasteiger partial charge in [0.05, 0.1) is 18.4 Å². The molecule has 4 aromatic rings. The van der Waals surface area contributed by atoms with E-state index in [2.05, 4.69) is 25.7 Å². The van der Waals surface area contributed by atoms with Gasteiger partial charge in [-0.15, -0.1) is 5.10 Å². The molecule has 0 saturated heterocycles. The van der Waals surface area contributed by atoms with Gasteiger partial charge in [-0.3, -0.25) is 9.78 Å². The van der Waals surface area contributed by atoms with Crippen molar-refractivity contribution in [3.05, 3.63) is 95.7 Å². The summed E-state index contributed by atoms with van der Waals surface area (Å²) in [4.78, 5) is 22.3. The van der Waals surface area contributed by atoms with Gasteiger partial charge >= 0.3 is 0 Å². The number of anilines is 2. The topological polar surface area (TPSA) is 94.0 Å². The Morgan fingerprint density at radius 2 is 1.91 bits per heavy atom. The number of nitrogens with one attached hydrogen (secondary N) is 2. The quantitative estimate of drug-likeness (QED) is 0.462. The number of hydrogen-bond acceptors (Lipinski definition) is 6. The Morgan fingerprint density at radius 1 is 1.12 bits per heavy atom. The highest BCUT2D eigenvalue weighted by Crippen LogP contribution is 2.37. The lowest BCUT2D eigenvalue weighted by atomic mass is 9.95. The molecule has 2 aromatic heterocycles. The molecule has 1 unspecified atom stereocenters. The lowest BCUT2D eigenvalue weighted by Gasteiger charge is -2.28. The molecule has 5 rings (SSSR count). The van der Waals surface area contributed by atoms with E-state index in [1.165, 1.54) is 12.1 Å². The molecular formula is C25H21FN6O2. The zero-order valence-electron chi connectivity index (χ0n) is 18.5. The molecule has 0 aliphatic carbocycles. The SMILES string of the molecule is COc1ccccc1NC(=O)C1=C(C)Nc2nc(-c3cccnc3)nn2C1c1ccc(F)cc1. The number of hydrogen-bond donors (Lipinski definition) is 2. The van der Waals surface area contributed by atoms with Crippen LogP contribution < -0.4 is 15.4 Å². The van der Waals surface area contributed by atoms with E-state index < -0.39 is 6.04 Å². The van der Waals surface area contributed by atoms with Gasteiger partial charge in [-0.1, -0.05) is 24.3 Å². The van der Waals surface area contributed by atoms with Crippen molar-refractivity contribution in [1.29, 1.82) is 0 Å². The van der Waals surface area contributed by atoms with Crippen molar-refractivity contribution >= 4 is 17.5 Å². The normalized spacial score (nSPS) is 14.9. The number of amides is 1. The van der Waals surface area contributed by atoms with Crippen LogP contribution in [0.2, 0.25) is 0 Å². The number of methoxy groups -OCH3 is 1. The minimum absolute atomic E-state index is 0.340. The lowest BCUT2D eigenvalue weighted by molar-refractivity contribution is -0.113.